The predicted molar refractivity (Wildman–Crippen MR) is 205 cm³/mol. The SMILES string of the molecule is CC(C)(COP(=O)(O)OP(=O)(O)OC[C@H]1O[C@@H](n2cnc3c(N)ncnc32)[C@H](O)[C@@H]1OP(=O)(O)O)C(O)C(=O)NCCC(=O)NCCSC(=O)[C@H](N)Cc1ccccc1. The van der Waals surface area contributed by atoms with Crippen LogP contribution in [0.3, 0.4) is 0 Å². The molecule has 25 nitrogen and oxygen atoms in total. The minimum absolute atomic E-state index is 0.0268. The maximum absolute atomic E-state index is 12.7. The Balaban J connectivity index is 1.20. The lowest BCUT2D eigenvalue weighted by molar-refractivity contribution is -0.137. The molecule has 29 heteroatoms. The van der Waals surface area contributed by atoms with Gasteiger partial charge in [0.15, 0.2) is 17.7 Å². The number of aromatic nitrogens is 4. The number of benzene rings is 1. The van der Waals surface area contributed by atoms with Gasteiger partial charge in [-0.15, -0.1) is 0 Å². The highest BCUT2D eigenvalue weighted by atomic mass is 32.2. The molecule has 3 aromatic rings. The summed E-state index contributed by atoms with van der Waals surface area (Å²) in [6, 6.07) is 8.54. The van der Waals surface area contributed by atoms with Crippen LogP contribution in [-0.4, -0.2) is 129 Å². The van der Waals surface area contributed by atoms with Crippen LogP contribution in [0, 0.1) is 5.41 Å². The number of phosphoric ester groups is 3. The van der Waals surface area contributed by atoms with Gasteiger partial charge in [0.2, 0.25) is 16.9 Å². The van der Waals surface area contributed by atoms with Gasteiger partial charge < -0.3 is 56.6 Å². The molecule has 328 valence electrons. The van der Waals surface area contributed by atoms with E-state index in [-0.39, 0.29) is 47.4 Å². The molecular formula is C30H45N8O17P3S. The molecule has 0 aliphatic carbocycles. The van der Waals surface area contributed by atoms with Crippen molar-refractivity contribution in [1.29, 1.82) is 0 Å². The summed E-state index contributed by atoms with van der Waals surface area (Å²) in [5.41, 5.74) is 11.1. The zero-order valence-electron chi connectivity index (χ0n) is 31.3. The van der Waals surface area contributed by atoms with Gasteiger partial charge >= 0.3 is 23.5 Å². The first-order valence-corrected chi connectivity index (χ1v) is 22.8. The van der Waals surface area contributed by atoms with Crippen LogP contribution in [0.5, 0.6) is 0 Å². The number of aliphatic hydroxyl groups is 2. The van der Waals surface area contributed by atoms with Crippen molar-refractivity contribution in [3.05, 3.63) is 48.5 Å². The number of thioether (sulfide) groups is 1. The van der Waals surface area contributed by atoms with Gasteiger partial charge in [0.1, 0.15) is 36.3 Å². The summed E-state index contributed by atoms with van der Waals surface area (Å²) >= 11 is 0.973. The molecule has 3 unspecified atom stereocenters. The number of imidazole rings is 1. The van der Waals surface area contributed by atoms with E-state index >= 15 is 0 Å². The second kappa shape index (κ2) is 20.5. The average Bonchev–Trinajstić information content (AvgIpc) is 3.71. The van der Waals surface area contributed by atoms with E-state index in [0.29, 0.717) is 6.42 Å². The van der Waals surface area contributed by atoms with Gasteiger partial charge in [-0.2, -0.15) is 4.31 Å². The van der Waals surface area contributed by atoms with E-state index in [1.807, 2.05) is 30.3 Å². The molecule has 3 heterocycles. The van der Waals surface area contributed by atoms with Crippen molar-refractivity contribution >= 4 is 69.1 Å². The van der Waals surface area contributed by atoms with E-state index < -0.39 is 90.6 Å². The molecule has 59 heavy (non-hydrogen) atoms. The normalized spacial score (nSPS) is 21.6. The Morgan fingerprint density at radius 3 is 2.37 bits per heavy atom. The maximum Gasteiger partial charge on any atom is 0.481 e. The number of ether oxygens (including phenoxy) is 1. The predicted octanol–water partition coefficient (Wildman–Crippen LogP) is -0.765. The van der Waals surface area contributed by atoms with Crippen LogP contribution < -0.4 is 22.1 Å². The molecule has 0 bridgehead atoms. The summed E-state index contributed by atoms with van der Waals surface area (Å²) in [6.07, 6.45) is -6.62. The first kappa shape index (κ1) is 48.4. The van der Waals surface area contributed by atoms with Crippen LogP contribution in [0.1, 0.15) is 32.1 Å². The summed E-state index contributed by atoms with van der Waals surface area (Å²) in [4.78, 5) is 88.1. The fourth-order valence-electron chi connectivity index (χ4n) is 5.34. The van der Waals surface area contributed by atoms with Crippen molar-refractivity contribution in [3.8, 4) is 0 Å². The smallest absolute Gasteiger partial charge is 0.386 e. The lowest BCUT2D eigenvalue weighted by Gasteiger charge is -2.30. The van der Waals surface area contributed by atoms with Crippen molar-refractivity contribution in [3.63, 3.8) is 0 Å². The van der Waals surface area contributed by atoms with Crippen LogP contribution in [-0.2, 0) is 57.1 Å². The molecule has 0 saturated carbocycles. The van der Waals surface area contributed by atoms with Crippen molar-refractivity contribution in [2.45, 2.75) is 63.4 Å². The summed E-state index contributed by atoms with van der Waals surface area (Å²) in [7, 11) is -16.4. The molecule has 1 aliphatic heterocycles. The van der Waals surface area contributed by atoms with E-state index in [4.69, 9.17) is 25.3 Å². The number of nitrogens with one attached hydrogen (secondary N) is 2. The summed E-state index contributed by atoms with van der Waals surface area (Å²) in [5, 5.41) is 26.2. The second-order valence-electron chi connectivity index (χ2n) is 13.5. The van der Waals surface area contributed by atoms with E-state index in [2.05, 4.69) is 34.4 Å². The topological polar surface area (TPSA) is 390 Å². The van der Waals surface area contributed by atoms with Gasteiger partial charge in [0, 0.05) is 30.7 Å². The molecule has 2 aromatic heterocycles. The van der Waals surface area contributed by atoms with E-state index in [1.165, 1.54) is 13.8 Å². The number of nitrogen functional groups attached to an aromatic ring is 1. The third-order valence-corrected chi connectivity index (χ3v) is 12.4. The number of phosphoric acid groups is 3. The summed E-state index contributed by atoms with van der Waals surface area (Å²) in [6.45, 7) is 0.376. The Morgan fingerprint density at radius 1 is 1.02 bits per heavy atom. The lowest BCUT2D eigenvalue weighted by Crippen LogP contribution is -2.46. The Kier molecular flexibility index (Phi) is 16.8. The number of rotatable bonds is 22. The van der Waals surface area contributed by atoms with Gasteiger partial charge in [-0.25, -0.2) is 28.6 Å². The van der Waals surface area contributed by atoms with Gasteiger partial charge in [0.05, 0.1) is 25.6 Å². The third kappa shape index (κ3) is 14.4. The van der Waals surface area contributed by atoms with Gasteiger partial charge in [-0.1, -0.05) is 55.9 Å². The summed E-state index contributed by atoms with van der Waals surface area (Å²) < 4.78 is 62.2. The highest BCUT2D eigenvalue weighted by molar-refractivity contribution is 8.13. The number of aliphatic hydroxyl groups excluding tert-OH is 2. The molecule has 2 amide bonds. The molecular weight excluding hydrogens is 869 g/mol. The fraction of sp³-hybridized carbons (Fsp3) is 0.533. The van der Waals surface area contributed by atoms with Crippen molar-refractivity contribution in [2.24, 2.45) is 11.1 Å². The van der Waals surface area contributed by atoms with E-state index in [0.717, 1.165) is 34.5 Å². The molecule has 0 spiro atoms. The lowest BCUT2D eigenvalue weighted by atomic mass is 9.87. The zero-order valence-corrected chi connectivity index (χ0v) is 34.8. The van der Waals surface area contributed by atoms with E-state index in [1.54, 1.807) is 0 Å². The number of amides is 2. The van der Waals surface area contributed by atoms with Crippen LogP contribution in [0.25, 0.3) is 11.2 Å². The van der Waals surface area contributed by atoms with Crippen LogP contribution >= 0.6 is 35.2 Å². The third-order valence-electron chi connectivity index (χ3n) is 8.35. The minimum atomic E-state index is -5.58. The number of nitrogens with two attached hydrogens (primary N) is 2. The molecule has 1 aliphatic rings. The van der Waals surface area contributed by atoms with Crippen molar-refractivity contribution < 1.29 is 80.5 Å². The monoisotopic (exact) mass is 914 g/mol. The van der Waals surface area contributed by atoms with E-state index in [9.17, 15) is 57.9 Å². The Morgan fingerprint density at radius 2 is 1.69 bits per heavy atom. The molecule has 1 fully saturated rings. The fourth-order valence-corrected chi connectivity index (χ4v) is 8.87. The first-order valence-electron chi connectivity index (χ1n) is 17.3. The summed E-state index contributed by atoms with van der Waals surface area (Å²) in [5.74, 6) is -1.25. The highest BCUT2D eigenvalue weighted by Gasteiger charge is 2.50. The van der Waals surface area contributed by atoms with Crippen LogP contribution in [0.2, 0.25) is 0 Å². The Bertz CT molecular complexity index is 2080. The molecule has 8 atom stereocenters. The van der Waals surface area contributed by atoms with Crippen LogP contribution in [0.4, 0.5) is 5.82 Å². The molecule has 1 aromatic carbocycles. The zero-order chi connectivity index (χ0) is 43.8. The highest BCUT2D eigenvalue weighted by Crippen LogP contribution is 2.61. The molecule has 0 radical (unpaired) electrons. The number of anilines is 1. The largest absolute Gasteiger partial charge is 0.481 e. The second-order valence-corrected chi connectivity index (χ2v) is 18.9. The number of carbonyl (C=O) groups is 3. The molecule has 4 rings (SSSR count). The van der Waals surface area contributed by atoms with Gasteiger partial charge in [0.25, 0.3) is 0 Å². The molecule has 12 N–H and O–H groups in total. The minimum Gasteiger partial charge on any atom is -0.386 e. The Hall–Kier alpha value is -3.26. The quantitative estimate of drug-likeness (QED) is 0.0437. The number of fused-ring (bicyclic) bond motifs is 1. The number of hydrogen-bond acceptors (Lipinski definition) is 19. The van der Waals surface area contributed by atoms with Crippen molar-refractivity contribution in [1.82, 2.24) is 30.2 Å². The standard InChI is InChI=1S/C30H45N8O17P3S/c1-30(2,24(41)27(42)34-9-8-20(39)33-10-11-59-29(43)18(31)12-17-6-4-3-5-7-17)14-52-58(49,50)55-57(47,48)51-13-19-23(54-56(44,45)46)22(40)28(53-19)38-16-37-21-25(32)35-15-36-26(21)38/h3-7,15-16,18-19,22-24,28,40-41H,8-14,31H2,1-2H3,(H,33,39)(H,34,42)(H,47,48)(H,49,50)(H2,32,35,36)(H2,44,45,46)/t18-,19-,22-,23-,24?,28-/m1/s1. The van der Waals surface area contributed by atoms with Gasteiger partial charge in [-0.3, -0.25) is 32.5 Å². The maximum atomic E-state index is 12.7. The average molecular weight is 915 g/mol. The van der Waals surface area contributed by atoms with Gasteiger partial charge in [-0.05, 0) is 12.0 Å². The number of carbonyl (C=O) groups excluding carboxylic acids is 3. The van der Waals surface area contributed by atoms with Crippen molar-refractivity contribution in [2.75, 3.05) is 37.8 Å². The number of nitrogens with zero attached hydrogens (tertiary/aromatic N) is 4. The number of hydrogen-bond donors (Lipinski definition) is 10. The van der Waals surface area contributed by atoms with Crippen LogP contribution in [0.15, 0.2) is 43.0 Å². The first-order chi connectivity index (χ1) is 27.5. The Labute approximate surface area is 340 Å². The molecule has 1 saturated heterocycles.